The summed E-state index contributed by atoms with van der Waals surface area (Å²) in [5.41, 5.74) is -0.200. The molecule has 0 aromatic carbocycles. The highest BCUT2D eigenvalue weighted by Gasteiger charge is 2.28. The predicted octanol–water partition coefficient (Wildman–Crippen LogP) is 0.763. The van der Waals surface area contributed by atoms with E-state index in [0.29, 0.717) is 0 Å². The molecule has 0 bridgehead atoms. The summed E-state index contributed by atoms with van der Waals surface area (Å²) in [6.07, 6.45) is 3.52. The van der Waals surface area contributed by atoms with Gasteiger partial charge in [0.1, 0.15) is 6.04 Å². The van der Waals surface area contributed by atoms with Crippen LogP contribution in [-0.4, -0.2) is 54.4 Å². The maximum atomic E-state index is 12.5. The van der Waals surface area contributed by atoms with Gasteiger partial charge in [0.25, 0.3) is 5.91 Å². The zero-order valence-electron chi connectivity index (χ0n) is 17.3. The lowest BCUT2D eigenvalue weighted by atomic mass is 9.97. The van der Waals surface area contributed by atoms with Crippen molar-refractivity contribution in [1.82, 2.24) is 16.0 Å². The van der Waals surface area contributed by atoms with Gasteiger partial charge in [-0.25, -0.2) is 0 Å². The molecule has 0 fully saturated rings. The Morgan fingerprint density at radius 1 is 1.00 bits per heavy atom. The van der Waals surface area contributed by atoms with E-state index in [1.165, 1.54) is 26.1 Å². The fourth-order valence-corrected chi connectivity index (χ4v) is 2.31. The van der Waals surface area contributed by atoms with Crippen molar-refractivity contribution in [3.8, 4) is 0 Å². The number of aliphatic imine (C=N–C) groups is 1. The summed E-state index contributed by atoms with van der Waals surface area (Å²) in [5.74, 6) is -1.72. The first-order valence-corrected chi connectivity index (χ1v) is 9.11. The highest BCUT2D eigenvalue weighted by molar-refractivity contribution is 6.67. The first-order valence-electron chi connectivity index (χ1n) is 9.11. The van der Waals surface area contributed by atoms with Crippen molar-refractivity contribution < 1.29 is 19.2 Å². The fourth-order valence-electron chi connectivity index (χ4n) is 2.31. The zero-order valence-corrected chi connectivity index (χ0v) is 17.3. The predicted molar refractivity (Wildman–Crippen MR) is 105 cm³/mol. The third-order valence-corrected chi connectivity index (χ3v) is 4.32. The van der Waals surface area contributed by atoms with Gasteiger partial charge in [0.15, 0.2) is 5.71 Å². The Morgan fingerprint density at radius 2 is 1.56 bits per heavy atom. The molecule has 4 atom stereocenters. The van der Waals surface area contributed by atoms with Crippen LogP contribution in [0.3, 0.4) is 0 Å². The molecule has 27 heavy (non-hydrogen) atoms. The number of nitrogens with zero attached hydrogens (tertiary/aromatic N) is 1. The molecule has 0 rings (SSSR count). The van der Waals surface area contributed by atoms with Crippen molar-refractivity contribution in [2.45, 2.75) is 66.1 Å². The molecule has 3 N–H and O–H groups in total. The molecule has 3 amide bonds. The molecule has 0 aliphatic carbocycles. The van der Waals surface area contributed by atoms with Gasteiger partial charge in [-0.2, -0.15) is 0 Å². The minimum atomic E-state index is -0.651. The van der Waals surface area contributed by atoms with Crippen molar-refractivity contribution in [2.75, 3.05) is 7.05 Å². The summed E-state index contributed by atoms with van der Waals surface area (Å²) in [6.45, 7) is 10.3. The van der Waals surface area contributed by atoms with E-state index in [-0.39, 0.29) is 23.4 Å². The molecule has 0 aliphatic heterocycles. The van der Waals surface area contributed by atoms with Crippen molar-refractivity contribution >= 4 is 29.2 Å². The maximum Gasteiger partial charge on any atom is 0.273 e. The average Bonchev–Trinajstić information content (AvgIpc) is 2.59. The number of amides is 3. The van der Waals surface area contributed by atoms with Crippen molar-refractivity contribution in [3.63, 3.8) is 0 Å². The first-order chi connectivity index (χ1) is 12.6. The van der Waals surface area contributed by atoms with Crippen molar-refractivity contribution in [3.05, 3.63) is 12.2 Å². The number of ketones is 1. The Kier molecular flexibility index (Phi) is 10.9. The van der Waals surface area contributed by atoms with E-state index in [2.05, 4.69) is 20.9 Å². The lowest BCUT2D eigenvalue weighted by Gasteiger charge is -2.27. The Balaban J connectivity index is 5.00. The second-order valence-electron chi connectivity index (χ2n) is 6.56. The van der Waals surface area contributed by atoms with Crippen LogP contribution >= 0.6 is 0 Å². The number of rotatable bonds is 10. The summed E-state index contributed by atoms with van der Waals surface area (Å²) in [4.78, 5) is 51.8. The highest BCUT2D eigenvalue weighted by atomic mass is 16.2. The van der Waals surface area contributed by atoms with Crippen LogP contribution in [0.15, 0.2) is 17.1 Å². The number of hydrogen-bond donors (Lipinski definition) is 3. The van der Waals surface area contributed by atoms with E-state index in [0.717, 1.165) is 6.42 Å². The van der Waals surface area contributed by atoms with Gasteiger partial charge < -0.3 is 16.0 Å². The minimum Gasteiger partial charge on any atom is -0.350 e. The SMILES string of the molecule is C/C=C\C(=O)C(=NC)C(=O)NC(C)C(C)NC(=O)C(NC(C)=O)C(C)CC. The van der Waals surface area contributed by atoms with Crippen LogP contribution < -0.4 is 16.0 Å². The average molecular weight is 380 g/mol. The van der Waals surface area contributed by atoms with Crippen LogP contribution in [0.5, 0.6) is 0 Å². The fraction of sp³-hybridized carbons (Fsp3) is 0.632. The maximum absolute atomic E-state index is 12.5. The van der Waals surface area contributed by atoms with E-state index < -0.39 is 29.8 Å². The lowest BCUT2D eigenvalue weighted by molar-refractivity contribution is -0.130. The number of carbonyl (C=O) groups is 4. The highest BCUT2D eigenvalue weighted by Crippen LogP contribution is 2.08. The molecule has 0 saturated carbocycles. The zero-order chi connectivity index (χ0) is 21.1. The molecule has 152 valence electrons. The summed E-state index contributed by atoms with van der Waals surface area (Å²) in [6, 6.07) is -1.52. The van der Waals surface area contributed by atoms with E-state index in [4.69, 9.17) is 0 Å². The lowest BCUT2D eigenvalue weighted by Crippen LogP contribution is -2.56. The summed E-state index contributed by atoms with van der Waals surface area (Å²) >= 11 is 0. The van der Waals surface area contributed by atoms with Crippen molar-refractivity contribution in [2.24, 2.45) is 10.9 Å². The second-order valence-corrected chi connectivity index (χ2v) is 6.56. The number of carbonyl (C=O) groups excluding carboxylic acids is 4. The van der Waals surface area contributed by atoms with Crippen LogP contribution in [0.2, 0.25) is 0 Å². The van der Waals surface area contributed by atoms with E-state index in [1.807, 2.05) is 13.8 Å². The Morgan fingerprint density at radius 3 is 2.00 bits per heavy atom. The molecular weight excluding hydrogens is 348 g/mol. The van der Waals surface area contributed by atoms with E-state index in [1.54, 1.807) is 20.8 Å². The Bertz CT molecular complexity index is 613. The number of allylic oxidation sites excluding steroid dienone is 2. The molecule has 0 radical (unpaired) electrons. The molecule has 0 aromatic rings. The molecule has 4 unspecified atom stereocenters. The third kappa shape index (κ3) is 8.15. The molecule has 0 aliphatic rings. The molecule has 0 spiro atoms. The van der Waals surface area contributed by atoms with Gasteiger partial charge in [-0.1, -0.05) is 26.3 Å². The Labute approximate surface area is 161 Å². The summed E-state index contributed by atoms with van der Waals surface area (Å²) < 4.78 is 0. The first kappa shape index (κ1) is 24.5. The standard InChI is InChI=1S/C19H32N4O4/c1-8-10-15(25)17(20-7)19(27)22-13(5)12(4)21-18(26)16(11(3)9-2)23-14(6)24/h8,10-13,16H,9H2,1-7H3,(H,21,26)(H,22,27)(H,23,24)/b10-8-,20-17?. The number of hydrogen-bond acceptors (Lipinski definition) is 5. The van der Waals surface area contributed by atoms with Gasteiger partial charge in [-0.15, -0.1) is 0 Å². The quantitative estimate of drug-likeness (QED) is 0.295. The van der Waals surface area contributed by atoms with Crippen LogP contribution in [-0.2, 0) is 19.2 Å². The van der Waals surface area contributed by atoms with Gasteiger partial charge in [0.05, 0.1) is 0 Å². The van der Waals surface area contributed by atoms with Crippen LogP contribution in [0.1, 0.15) is 48.0 Å². The normalized spacial score (nSPS) is 16.2. The molecule has 0 saturated heterocycles. The summed E-state index contributed by atoms with van der Waals surface area (Å²) in [5, 5.41) is 8.14. The Hall–Kier alpha value is -2.51. The van der Waals surface area contributed by atoms with Gasteiger partial charge in [0, 0.05) is 26.1 Å². The smallest absolute Gasteiger partial charge is 0.273 e. The largest absolute Gasteiger partial charge is 0.350 e. The molecule has 0 aromatic heterocycles. The monoisotopic (exact) mass is 380 g/mol. The minimum absolute atomic E-state index is 0.0386. The van der Waals surface area contributed by atoms with Gasteiger partial charge in [0.2, 0.25) is 17.6 Å². The van der Waals surface area contributed by atoms with E-state index in [9.17, 15) is 19.2 Å². The van der Waals surface area contributed by atoms with E-state index >= 15 is 0 Å². The van der Waals surface area contributed by atoms with Crippen molar-refractivity contribution in [1.29, 1.82) is 0 Å². The van der Waals surface area contributed by atoms with Gasteiger partial charge in [-0.05, 0) is 32.8 Å². The van der Waals surface area contributed by atoms with Gasteiger partial charge in [-0.3, -0.25) is 24.2 Å². The summed E-state index contributed by atoms with van der Waals surface area (Å²) in [7, 11) is 1.37. The topological polar surface area (TPSA) is 117 Å². The molecule has 8 heteroatoms. The van der Waals surface area contributed by atoms with Crippen LogP contribution in [0.25, 0.3) is 0 Å². The second kappa shape index (κ2) is 12.0. The van der Waals surface area contributed by atoms with Crippen LogP contribution in [0.4, 0.5) is 0 Å². The number of nitrogens with one attached hydrogen (secondary N) is 3. The van der Waals surface area contributed by atoms with Crippen LogP contribution in [0, 0.1) is 5.92 Å². The molecule has 0 heterocycles. The van der Waals surface area contributed by atoms with Gasteiger partial charge >= 0.3 is 0 Å². The molecule has 8 nitrogen and oxygen atoms in total. The third-order valence-electron chi connectivity index (χ3n) is 4.32. The molecular formula is C19H32N4O4.